The maximum absolute atomic E-state index is 9.25. The van der Waals surface area contributed by atoms with E-state index >= 15 is 0 Å². The maximum atomic E-state index is 9.25. The van der Waals surface area contributed by atoms with Crippen LogP contribution in [0, 0.1) is 11.3 Å². The first kappa shape index (κ1) is 15.3. The second-order valence-corrected chi connectivity index (χ2v) is 6.09. The monoisotopic (exact) mass is 300 g/mol. The van der Waals surface area contributed by atoms with E-state index in [4.69, 9.17) is 0 Å². The van der Waals surface area contributed by atoms with Gasteiger partial charge in [-0.1, -0.05) is 54.6 Å². The van der Waals surface area contributed by atoms with E-state index in [-0.39, 0.29) is 5.92 Å². The third-order valence-electron chi connectivity index (χ3n) is 4.12. The predicted molar refractivity (Wildman–Crippen MR) is 96.1 cm³/mol. The van der Waals surface area contributed by atoms with E-state index in [9.17, 15) is 5.26 Å². The minimum absolute atomic E-state index is 0.171. The van der Waals surface area contributed by atoms with Gasteiger partial charge in [-0.05, 0) is 48.5 Å². The second-order valence-electron chi connectivity index (χ2n) is 6.09. The molecule has 3 rings (SSSR count). The molecule has 23 heavy (non-hydrogen) atoms. The third-order valence-corrected chi connectivity index (χ3v) is 4.12. The highest BCUT2D eigenvalue weighted by Gasteiger charge is 2.19. The summed E-state index contributed by atoms with van der Waals surface area (Å²) in [5, 5.41) is 9.25. The standard InChI is InChI=1S/C21H20N2/c1-23(2)13-5-8-20-19-7-4-3-6-17(19)11-12-18-10-9-16(15-22)14-21(18)20/h3-12,14,20H,13H2,1-2H3. The Bertz CT molecular complexity index is 807. The molecule has 0 fully saturated rings. The molecule has 2 aromatic carbocycles. The van der Waals surface area contributed by atoms with Crippen molar-refractivity contribution in [1.82, 2.24) is 4.90 Å². The molecule has 2 nitrogen and oxygen atoms in total. The molecule has 0 aliphatic heterocycles. The molecule has 0 heterocycles. The largest absolute Gasteiger partial charge is 0.306 e. The van der Waals surface area contributed by atoms with Crippen molar-refractivity contribution in [2.75, 3.05) is 20.6 Å². The van der Waals surface area contributed by atoms with Gasteiger partial charge >= 0.3 is 0 Å². The van der Waals surface area contributed by atoms with Gasteiger partial charge in [0.05, 0.1) is 11.6 Å². The Labute approximate surface area is 138 Å². The summed E-state index contributed by atoms with van der Waals surface area (Å²) in [7, 11) is 4.13. The number of nitrogens with zero attached hydrogens (tertiary/aromatic N) is 2. The van der Waals surface area contributed by atoms with Crippen LogP contribution in [-0.4, -0.2) is 25.5 Å². The summed E-state index contributed by atoms with van der Waals surface area (Å²) in [6.07, 6.45) is 8.77. The van der Waals surface area contributed by atoms with Crippen LogP contribution in [0.3, 0.4) is 0 Å². The molecule has 114 valence electrons. The highest BCUT2D eigenvalue weighted by molar-refractivity contribution is 5.77. The molecule has 2 heteroatoms. The van der Waals surface area contributed by atoms with Gasteiger partial charge in [0.15, 0.2) is 0 Å². The van der Waals surface area contributed by atoms with Crippen molar-refractivity contribution in [3.05, 3.63) is 82.4 Å². The second kappa shape index (κ2) is 6.64. The quantitative estimate of drug-likeness (QED) is 0.791. The van der Waals surface area contributed by atoms with Gasteiger partial charge in [-0.25, -0.2) is 0 Å². The summed E-state index contributed by atoms with van der Waals surface area (Å²) >= 11 is 0. The smallest absolute Gasteiger partial charge is 0.0991 e. The van der Waals surface area contributed by atoms with E-state index in [0.29, 0.717) is 5.56 Å². The Kier molecular flexibility index (Phi) is 4.41. The molecule has 0 saturated heterocycles. The fourth-order valence-electron chi connectivity index (χ4n) is 2.97. The van der Waals surface area contributed by atoms with Crippen LogP contribution in [0.2, 0.25) is 0 Å². The van der Waals surface area contributed by atoms with Gasteiger partial charge in [0, 0.05) is 12.5 Å². The third kappa shape index (κ3) is 3.26. The molecule has 0 spiro atoms. The van der Waals surface area contributed by atoms with Crippen molar-refractivity contribution in [3.63, 3.8) is 0 Å². The van der Waals surface area contributed by atoms with Crippen LogP contribution >= 0.6 is 0 Å². The first-order chi connectivity index (χ1) is 11.2. The minimum atomic E-state index is 0.171. The molecule has 0 radical (unpaired) electrons. The summed E-state index contributed by atoms with van der Waals surface area (Å²) in [5.74, 6) is 0.171. The van der Waals surface area contributed by atoms with E-state index in [2.05, 4.69) is 73.6 Å². The lowest BCUT2D eigenvalue weighted by Gasteiger charge is -2.17. The van der Waals surface area contributed by atoms with Crippen molar-refractivity contribution < 1.29 is 0 Å². The molecule has 2 aromatic rings. The summed E-state index contributed by atoms with van der Waals surface area (Å²) in [6.45, 7) is 0.902. The van der Waals surface area contributed by atoms with E-state index in [1.54, 1.807) is 0 Å². The average Bonchev–Trinajstić information content (AvgIpc) is 2.71. The lowest BCUT2D eigenvalue weighted by atomic mass is 9.86. The minimum Gasteiger partial charge on any atom is -0.306 e. The predicted octanol–water partition coefficient (Wildman–Crippen LogP) is 4.29. The van der Waals surface area contributed by atoms with Gasteiger partial charge < -0.3 is 4.90 Å². The average molecular weight is 300 g/mol. The lowest BCUT2D eigenvalue weighted by Crippen LogP contribution is -2.11. The Morgan fingerprint density at radius 1 is 1.04 bits per heavy atom. The molecule has 1 aliphatic rings. The molecule has 0 amide bonds. The normalized spacial score (nSPS) is 16.0. The molecular formula is C21H20N2. The van der Waals surface area contributed by atoms with Gasteiger partial charge in [0.1, 0.15) is 0 Å². The van der Waals surface area contributed by atoms with Gasteiger partial charge in [0.25, 0.3) is 0 Å². The van der Waals surface area contributed by atoms with Crippen molar-refractivity contribution in [1.29, 1.82) is 5.26 Å². The van der Waals surface area contributed by atoms with Crippen LogP contribution in [0.25, 0.3) is 12.2 Å². The molecule has 0 N–H and O–H groups in total. The highest BCUT2D eigenvalue weighted by Crippen LogP contribution is 2.35. The van der Waals surface area contributed by atoms with E-state index in [0.717, 1.165) is 6.54 Å². The number of rotatable bonds is 3. The lowest BCUT2D eigenvalue weighted by molar-refractivity contribution is 0.456. The number of fused-ring (bicyclic) bond motifs is 2. The van der Waals surface area contributed by atoms with Gasteiger partial charge in [-0.3, -0.25) is 0 Å². The molecule has 1 atom stereocenters. The molecule has 0 saturated carbocycles. The van der Waals surface area contributed by atoms with Crippen molar-refractivity contribution in [2.45, 2.75) is 5.92 Å². The number of nitriles is 1. The topological polar surface area (TPSA) is 27.0 Å². The first-order valence-corrected chi connectivity index (χ1v) is 7.81. The summed E-state index contributed by atoms with van der Waals surface area (Å²) in [4.78, 5) is 2.14. The number of allylic oxidation sites excluding steroid dienone is 1. The number of hydrogen-bond acceptors (Lipinski definition) is 2. The Balaban J connectivity index is 2.13. The molecule has 0 bridgehead atoms. The van der Waals surface area contributed by atoms with Crippen molar-refractivity contribution in [3.8, 4) is 6.07 Å². The van der Waals surface area contributed by atoms with Crippen molar-refractivity contribution >= 4 is 12.2 Å². The molecule has 0 aromatic heterocycles. The number of benzene rings is 2. The zero-order valence-electron chi connectivity index (χ0n) is 13.5. The Hall–Kier alpha value is -2.63. The van der Waals surface area contributed by atoms with Crippen LogP contribution < -0.4 is 0 Å². The molecule has 1 aliphatic carbocycles. The van der Waals surface area contributed by atoms with Crippen molar-refractivity contribution in [2.24, 2.45) is 0 Å². The fourth-order valence-corrected chi connectivity index (χ4v) is 2.97. The molecular weight excluding hydrogens is 280 g/mol. The Morgan fingerprint density at radius 3 is 2.52 bits per heavy atom. The Morgan fingerprint density at radius 2 is 1.78 bits per heavy atom. The van der Waals surface area contributed by atoms with Crippen LogP contribution in [-0.2, 0) is 0 Å². The zero-order valence-corrected chi connectivity index (χ0v) is 13.5. The van der Waals surface area contributed by atoms with E-state index < -0.39 is 0 Å². The SMILES string of the molecule is CN(C)CC=CC1c2ccccc2C=Cc2ccc(C#N)cc21. The summed E-state index contributed by atoms with van der Waals surface area (Å²) in [5.41, 5.74) is 5.61. The fraction of sp³-hybridized carbons (Fsp3) is 0.190. The first-order valence-electron chi connectivity index (χ1n) is 7.81. The highest BCUT2D eigenvalue weighted by atomic mass is 15.0. The van der Waals surface area contributed by atoms with E-state index in [1.165, 1.54) is 22.3 Å². The summed E-state index contributed by atoms with van der Waals surface area (Å²) in [6, 6.07) is 16.7. The van der Waals surface area contributed by atoms with Gasteiger partial charge in [-0.2, -0.15) is 5.26 Å². The summed E-state index contributed by atoms with van der Waals surface area (Å²) < 4.78 is 0. The zero-order chi connectivity index (χ0) is 16.2. The van der Waals surface area contributed by atoms with Gasteiger partial charge in [-0.15, -0.1) is 0 Å². The van der Waals surface area contributed by atoms with Crippen LogP contribution in [0.1, 0.15) is 33.7 Å². The van der Waals surface area contributed by atoms with Crippen LogP contribution in [0.4, 0.5) is 0 Å². The van der Waals surface area contributed by atoms with Crippen LogP contribution in [0.5, 0.6) is 0 Å². The number of hydrogen-bond donors (Lipinski definition) is 0. The van der Waals surface area contributed by atoms with Crippen LogP contribution in [0.15, 0.2) is 54.6 Å². The molecule has 1 unspecified atom stereocenters. The van der Waals surface area contributed by atoms with E-state index in [1.807, 2.05) is 18.2 Å². The van der Waals surface area contributed by atoms with Gasteiger partial charge in [0.2, 0.25) is 0 Å². The number of likely N-dealkylation sites (N-methyl/N-ethyl adjacent to an activating group) is 1. The maximum Gasteiger partial charge on any atom is 0.0991 e.